The van der Waals surface area contributed by atoms with Crippen LogP contribution >= 0.6 is 0 Å². The number of amides is 1. The van der Waals surface area contributed by atoms with Crippen molar-refractivity contribution in [2.24, 2.45) is 0 Å². The highest BCUT2D eigenvalue weighted by Crippen LogP contribution is 2.25. The third-order valence-electron chi connectivity index (χ3n) is 6.16. The molecule has 0 unspecified atom stereocenters. The molecule has 2 heterocycles. The summed E-state index contributed by atoms with van der Waals surface area (Å²) in [6.07, 6.45) is 1.57. The molecule has 3 aromatic carbocycles. The van der Waals surface area contributed by atoms with Crippen LogP contribution in [-0.4, -0.2) is 27.1 Å². The van der Waals surface area contributed by atoms with Gasteiger partial charge in [0.1, 0.15) is 23.3 Å². The predicted octanol–water partition coefficient (Wildman–Crippen LogP) is 4.03. The summed E-state index contributed by atoms with van der Waals surface area (Å²) in [4.78, 5) is 31.1. The Balaban J connectivity index is 1.48. The summed E-state index contributed by atoms with van der Waals surface area (Å²) in [6.45, 7) is 2.85. The van der Waals surface area contributed by atoms with E-state index in [1.807, 2.05) is 79.7 Å². The zero-order valence-electron chi connectivity index (χ0n) is 19.7. The summed E-state index contributed by atoms with van der Waals surface area (Å²) in [5.74, 6) is 0.588. The highest BCUT2D eigenvalue weighted by Gasteiger charge is 2.18. The van der Waals surface area contributed by atoms with Crippen molar-refractivity contribution in [3.8, 4) is 5.75 Å². The number of carbonyl (C=O) groups excluding carboxylic acids is 1. The van der Waals surface area contributed by atoms with Crippen molar-refractivity contribution in [1.29, 1.82) is 0 Å². The van der Waals surface area contributed by atoms with Gasteiger partial charge in [-0.1, -0.05) is 60.2 Å². The van der Waals surface area contributed by atoms with E-state index >= 15 is 0 Å². The molecule has 0 bridgehead atoms. The minimum absolute atomic E-state index is 0.0271. The van der Waals surface area contributed by atoms with Gasteiger partial charge in [0.05, 0.1) is 25.5 Å². The summed E-state index contributed by atoms with van der Waals surface area (Å²) in [5, 5.41) is 3.82. The monoisotopic (exact) mass is 466 g/mol. The average Bonchev–Trinajstić information content (AvgIpc) is 3.20. The van der Waals surface area contributed by atoms with Crippen LogP contribution < -0.4 is 15.6 Å². The number of carbonyl (C=O) groups is 1. The maximum absolute atomic E-state index is 13.6. The predicted molar refractivity (Wildman–Crippen MR) is 137 cm³/mol. The molecule has 0 atom stereocenters. The number of nitrogens with zero attached hydrogens (tertiary/aromatic N) is 3. The van der Waals surface area contributed by atoms with Crippen LogP contribution in [0.4, 0.5) is 0 Å². The highest BCUT2D eigenvalue weighted by atomic mass is 16.5. The van der Waals surface area contributed by atoms with Crippen molar-refractivity contribution in [2.45, 2.75) is 26.6 Å². The Morgan fingerprint density at radius 2 is 1.69 bits per heavy atom. The number of methoxy groups -OCH3 is 1. The van der Waals surface area contributed by atoms with Gasteiger partial charge in [0, 0.05) is 11.9 Å². The Morgan fingerprint density at radius 3 is 2.43 bits per heavy atom. The summed E-state index contributed by atoms with van der Waals surface area (Å²) < 4.78 is 8.56. The zero-order valence-corrected chi connectivity index (χ0v) is 19.7. The molecule has 0 aliphatic carbocycles. The summed E-state index contributed by atoms with van der Waals surface area (Å²) >= 11 is 0. The Morgan fingerprint density at radius 1 is 0.971 bits per heavy atom. The first kappa shape index (κ1) is 22.4. The van der Waals surface area contributed by atoms with E-state index < -0.39 is 0 Å². The lowest BCUT2D eigenvalue weighted by molar-refractivity contribution is -0.121. The van der Waals surface area contributed by atoms with E-state index in [1.54, 1.807) is 22.6 Å². The average molecular weight is 467 g/mol. The molecule has 35 heavy (non-hydrogen) atoms. The second-order valence-corrected chi connectivity index (χ2v) is 8.59. The molecule has 7 nitrogen and oxygen atoms in total. The van der Waals surface area contributed by atoms with Gasteiger partial charge in [-0.05, 0) is 36.2 Å². The highest BCUT2D eigenvalue weighted by molar-refractivity contribution is 6.06. The number of fused-ring (bicyclic) bond motifs is 3. The van der Waals surface area contributed by atoms with Crippen LogP contribution in [0.15, 0.2) is 83.9 Å². The first-order chi connectivity index (χ1) is 17.0. The molecule has 176 valence electrons. The Labute approximate surface area is 202 Å². The van der Waals surface area contributed by atoms with Crippen molar-refractivity contribution >= 4 is 27.8 Å². The number of benzene rings is 3. The molecule has 0 radical (unpaired) electrons. The standard InChI is InChI=1S/C28H26N4O3/c1-19-7-9-20(10-8-19)15-29-25(33)17-32-24-6-4-3-5-23(24)26-27(32)28(34)31(18-30-26)16-21-11-13-22(35-2)14-12-21/h3-14,18H,15-17H2,1-2H3,(H,29,33). The Hall–Kier alpha value is -4.39. The van der Waals surface area contributed by atoms with E-state index in [0.29, 0.717) is 24.1 Å². The van der Waals surface area contributed by atoms with Gasteiger partial charge in [0.15, 0.2) is 0 Å². The van der Waals surface area contributed by atoms with E-state index in [9.17, 15) is 9.59 Å². The van der Waals surface area contributed by atoms with Gasteiger partial charge in [-0.2, -0.15) is 0 Å². The van der Waals surface area contributed by atoms with Crippen molar-refractivity contribution in [3.05, 3.63) is 106 Å². The van der Waals surface area contributed by atoms with Crippen molar-refractivity contribution in [2.75, 3.05) is 7.11 Å². The maximum atomic E-state index is 13.6. The molecule has 0 spiro atoms. The van der Waals surface area contributed by atoms with Gasteiger partial charge in [0.2, 0.25) is 5.91 Å². The van der Waals surface area contributed by atoms with Crippen molar-refractivity contribution in [1.82, 2.24) is 19.4 Å². The van der Waals surface area contributed by atoms with E-state index in [4.69, 9.17) is 4.74 Å². The molecule has 0 aliphatic rings. The molecule has 5 aromatic rings. The Kier molecular flexibility index (Phi) is 6.06. The topological polar surface area (TPSA) is 78.2 Å². The van der Waals surface area contributed by atoms with E-state index in [2.05, 4.69) is 10.3 Å². The van der Waals surface area contributed by atoms with Crippen LogP contribution in [0.1, 0.15) is 16.7 Å². The summed E-state index contributed by atoms with van der Waals surface area (Å²) in [6, 6.07) is 23.3. The van der Waals surface area contributed by atoms with Gasteiger partial charge < -0.3 is 14.6 Å². The largest absolute Gasteiger partial charge is 0.497 e. The normalized spacial score (nSPS) is 11.1. The van der Waals surface area contributed by atoms with Gasteiger partial charge in [-0.3, -0.25) is 14.2 Å². The molecule has 1 amide bonds. The number of para-hydroxylation sites is 1. The molecule has 5 rings (SSSR count). The van der Waals surface area contributed by atoms with E-state index in [1.165, 1.54) is 5.56 Å². The molecule has 7 heteroatoms. The second kappa shape index (κ2) is 9.46. The third kappa shape index (κ3) is 4.53. The lowest BCUT2D eigenvalue weighted by Gasteiger charge is -2.10. The fraction of sp³-hybridized carbons (Fsp3) is 0.179. The maximum Gasteiger partial charge on any atom is 0.278 e. The molecule has 0 saturated heterocycles. The molecule has 0 fully saturated rings. The van der Waals surface area contributed by atoms with Crippen LogP contribution in [0, 0.1) is 6.92 Å². The van der Waals surface area contributed by atoms with Crippen LogP contribution in [0.5, 0.6) is 5.75 Å². The number of ether oxygens (including phenoxy) is 1. The molecule has 1 N–H and O–H groups in total. The first-order valence-corrected chi connectivity index (χ1v) is 11.4. The first-order valence-electron chi connectivity index (χ1n) is 11.4. The quantitative estimate of drug-likeness (QED) is 0.393. The van der Waals surface area contributed by atoms with Gasteiger partial charge in [-0.25, -0.2) is 4.98 Å². The van der Waals surface area contributed by atoms with Crippen LogP contribution in [0.3, 0.4) is 0 Å². The fourth-order valence-electron chi connectivity index (χ4n) is 4.26. The second-order valence-electron chi connectivity index (χ2n) is 8.59. The number of rotatable bonds is 7. The zero-order chi connectivity index (χ0) is 24.4. The molecule has 0 saturated carbocycles. The lowest BCUT2D eigenvalue weighted by Crippen LogP contribution is -2.29. The number of hydrogen-bond acceptors (Lipinski definition) is 4. The number of hydrogen-bond donors (Lipinski definition) is 1. The summed E-state index contributed by atoms with van der Waals surface area (Å²) in [5.41, 5.74) is 4.79. The smallest absolute Gasteiger partial charge is 0.278 e. The van der Waals surface area contributed by atoms with Crippen molar-refractivity contribution in [3.63, 3.8) is 0 Å². The summed E-state index contributed by atoms with van der Waals surface area (Å²) in [7, 11) is 1.62. The lowest BCUT2D eigenvalue weighted by atomic mass is 10.1. The minimum atomic E-state index is -0.187. The van der Waals surface area contributed by atoms with Crippen molar-refractivity contribution < 1.29 is 9.53 Å². The molecular weight excluding hydrogens is 440 g/mol. The van der Waals surface area contributed by atoms with Crippen LogP contribution in [0.25, 0.3) is 21.9 Å². The van der Waals surface area contributed by atoms with E-state index in [-0.39, 0.29) is 18.0 Å². The van der Waals surface area contributed by atoms with Crippen LogP contribution in [0.2, 0.25) is 0 Å². The number of aromatic nitrogens is 3. The van der Waals surface area contributed by atoms with Gasteiger partial charge >= 0.3 is 0 Å². The SMILES string of the molecule is COc1ccc(Cn2cnc3c4ccccc4n(CC(=O)NCc4ccc(C)cc4)c3c2=O)cc1. The van der Waals surface area contributed by atoms with Crippen LogP contribution in [-0.2, 0) is 24.4 Å². The van der Waals surface area contributed by atoms with Gasteiger partial charge in [0.25, 0.3) is 5.56 Å². The minimum Gasteiger partial charge on any atom is -0.497 e. The number of nitrogens with one attached hydrogen (secondary N) is 1. The third-order valence-corrected chi connectivity index (χ3v) is 6.16. The number of aryl methyl sites for hydroxylation is 1. The van der Waals surface area contributed by atoms with E-state index in [0.717, 1.165) is 27.8 Å². The fourth-order valence-corrected chi connectivity index (χ4v) is 4.26. The molecular formula is C28H26N4O3. The molecule has 0 aliphatic heterocycles. The molecule has 2 aromatic heterocycles. The van der Waals surface area contributed by atoms with Gasteiger partial charge in [-0.15, -0.1) is 0 Å². The Bertz CT molecular complexity index is 1570.